The normalized spacial score (nSPS) is 19.4. The van der Waals surface area contributed by atoms with E-state index in [1.54, 1.807) is 4.90 Å². The van der Waals surface area contributed by atoms with Crippen molar-refractivity contribution >= 4 is 11.9 Å². The minimum Gasteiger partial charge on any atom is -0.480 e. The van der Waals surface area contributed by atoms with Crippen LogP contribution >= 0.6 is 0 Å². The number of aliphatic carboxylic acids is 1. The van der Waals surface area contributed by atoms with Gasteiger partial charge in [0.05, 0.1) is 19.1 Å². The van der Waals surface area contributed by atoms with Crippen molar-refractivity contribution < 1.29 is 14.7 Å². The van der Waals surface area contributed by atoms with E-state index in [0.717, 1.165) is 19.4 Å². The molecule has 7 heteroatoms. The molecule has 0 bridgehead atoms. The molecule has 104 valence electrons. The smallest absolute Gasteiger partial charge is 0.317 e. The number of aromatic nitrogens is 2. The van der Waals surface area contributed by atoms with Gasteiger partial charge in [-0.25, -0.2) is 4.98 Å². The van der Waals surface area contributed by atoms with E-state index in [1.807, 2.05) is 0 Å². The third-order valence-electron chi connectivity index (χ3n) is 3.24. The molecular formula is C12H18N4O3. The van der Waals surface area contributed by atoms with Crippen LogP contribution in [-0.2, 0) is 4.79 Å². The van der Waals surface area contributed by atoms with Crippen molar-refractivity contribution in [3.8, 4) is 0 Å². The number of H-pyrrole nitrogens is 1. The van der Waals surface area contributed by atoms with Crippen molar-refractivity contribution in [3.63, 3.8) is 0 Å². The largest absolute Gasteiger partial charge is 0.480 e. The molecule has 1 aromatic heterocycles. The molecule has 19 heavy (non-hydrogen) atoms. The van der Waals surface area contributed by atoms with Gasteiger partial charge >= 0.3 is 5.97 Å². The molecule has 0 spiro atoms. The number of nitrogens with zero attached hydrogens (tertiary/aromatic N) is 2. The van der Waals surface area contributed by atoms with Gasteiger partial charge in [0.25, 0.3) is 5.91 Å². The third-order valence-corrected chi connectivity index (χ3v) is 3.24. The highest BCUT2D eigenvalue weighted by atomic mass is 16.4. The number of carboxylic acids is 1. The van der Waals surface area contributed by atoms with Crippen LogP contribution in [-0.4, -0.2) is 58.0 Å². The second kappa shape index (κ2) is 6.33. The highest BCUT2D eigenvalue weighted by Crippen LogP contribution is 2.17. The van der Waals surface area contributed by atoms with Gasteiger partial charge in [-0.05, 0) is 18.8 Å². The van der Waals surface area contributed by atoms with Gasteiger partial charge < -0.3 is 20.3 Å². The summed E-state index contributed by atoms with van der Waals surface area (Å²) in [7, 11) is 0. The van der Waals surface area contributed by atoms with Gasteiger partial charge in [-0.3, -0.25) is 9.59 Å². The Hall–Kier alpha value is -1.89. The van der Waals surface area contributed by atoms with Gasteiger partial charge in [0.2, 0.25) is 0 Å². The summed E-state index contributed by atoms with van der Waals surface area (Å²) in [5.41, 5.74) is 0.499. The standard InChI is InChI=1S/C12H18N4O3/c17-11(18)6-13-4-9-2-1-3-16(7-9)12(19)10-5-14-8-15-10/h5,8-9,13H,1-4,6-7H2,(H,14,15)(H,17,18). The zero-order valence-electron chi connectivity index (χ0n) is 10.6. The minimum atomic E-state index is -0.860. The summed E-state index contributed by atoms with van der Waals surface area (Å²) in [5, 5.41) is 11.5. The van der Waals surface area contributed by atoms with E-state index in [2.05, 4.69) is 15.3 Å². The summed E-state index contributed by atoms with van der Waals surface area (Å²) in [6.45, 7) is 1.99. The number of piperidine rings is 1. The number of nitrogens with one attached hydrogen (secondary N) is 2. The minimum absolute atomic E-state index is 0.0367. The number of hydrogen-bond donors (Lipinski definition) is 3. The van der Waals surface area contributed by atoms with Gasteiger partial charge in [0, 0.05) is 19.6 Å². The fourth-order valence-corrected chi connectivity index (χ4v) is 2.34. The molecule has 1 atom stereocenters. The first-order valence-electron chi connectivity index (χ1n) is 6.37. The van der Waals surface area contributed by atoms with Gasteiger partial charge in [-0.1, -0.05) is 0 Å². The first-order valence-corrected chi connectivity index (χ1v) is 6.37. The summed E-state index contributed by atoms with van der Waals surface area (Å²) in [6.07, 6.45) is 4.97. The lowest BCUT2D eigenvalue weighted by Crippen LogP contribution is -2.43. The Morgan fingerprint density at radius 1 is 1.58 bits per heavy atom. The van der Waals surface area contributed by atoms with Gasteiger partial charge in [0.15, 0.2) is 0 Å². The van der Waals surface area contributed by atoms with Gasteiger partial charge in [-0.15, -0.1) is 0 Å². The maximum Gasteiger partial charge on any atom is 0.317 e. The summed E-state index contributed by atoms with van der Waals surface area (Å²) >= 11 is 0. The molecule has 1 aromatic rings. The number of likely N-dealkylation sites (tertiary alicyclic amines) is 1. The summed E-state index contributed by atoms with van der Waals surface area (Å²) < 4.78 is 0. The lowest BCUT2D eigenvalue weighted by molar-refractivity contribution is -0.136. The zero-order chi connectivity index (χ0) is 13.7. The Balaban J connectivity index is 1.83. The Labute approximate surface area is 111 Å². The molecule has 1 aliphatic rings. The number of aromatic amines is 1. The third kappa shape index (κ3) is 3.78. The van der Waals surface area contributed by atoms with Crippen molar-refractivity contribution in [2.45, 2.75) is 12.8 Å². The molecule has 1 fully saturated rings. The maximum atomic E-state index is 12.1. The van der Waals surface area contributed by atoms with Crippen LogP contribution in [0.4, 0.5) is 0 Å². The molecule has 0 radical (unpaired) electrons. The molecule has 1 aliphatic heterocycles. The second-order valence-electron chi connectivity index (χ2n) is 4.75. The number of hydrogen-bond acceptors (Lipinski definition) is 4. The average molecular weight is 266 g/mol. The lowest BCUT2D eigenvalue weighted by atomic mass is 9.97. The predicted molar refractivity (Wildman–Crippen MR) is 67.7 cm³/mol. The number of carboxylic acid groups (broad SMARTS) is 1. The molecule has 1 saturated heterocycles. The Bertz CT molecular complexity index is 432. The van der Waals surface area contributed by atoms with Gasteiger partial charge in [0.1, 0.15) is 5.69 Å². The average Bonchev–Trinajstić information content (AvgIpc) is 2.91. The summed E-state index contributed by atoms with van der Waals surface area (Å²) in [6, 6.07) is 0. The van der Waals surface area contributed by atoms with Crippen molar-refractivity contribution in [3.05, 3.63) is 18.2 Å². The lowest BCUT2D eigenvalue weighted by Gasteiger charge is -2.32. The molecule has 2 rings (SSSR count). The molecule has 1 unspecified atom stereocenters. The highest BCUT2D eigenvalue weighted by molar-refractivity contribution is 5.92. The predicted octanol–water partition coefficient (Wildman–Crippen LogP) is -0.0639. The van der Waals surface area contributed by atoms with E-state index in [9.17, 15) is 9.59 Å². The Morgan fingerprint density at radius 2 is 2.42 bits per heavy atom. The van der Waals surface area contributed by atoms with E-state index >= 15 is 0 Å². The van der Waals surface area contributed by atoms with Crippen molar-refractivity contribution in [1.29, 1.82) is 0 Å². The second-order valence-corrected chi connectivity index (χ2v) is 4.75. The molecule has 0 aromatic carbocycles. The fourth-order valence-electron chi connectivity index (χ4n) is 2.34. The van der Waals surface area contributed by atoms with Crippen LogP contribution in [0, 0.1) is 5.92 Å². The molecule has 2 heterocycles. The first-order chi connectivity index (χ1) is 9.16. The summed E-state index contributed by atoms with van der Waals surface area (Å²) in [5.74, 6) is -0.596. The first kappa shape index (κ1) is 13.5. The van der Waals surface area contributed by atoms with E-state index in [-0.39, 0.29) is 12.5 Å². The zero-order valence-corrected chi connectivity index (χ0v) is 10.6. The van der Waals surface area contributed by atoms with E-state index in [4.69, 9.17) is 5.11 Å². The van der Waals surface area contributed by atoms with E-state index < -0.39 is 5.97 Å². The van der Waals surface area contributed by atoms with Crippen LogP contribution in [0.2, 0.25) is 0 Å². The maximum absolute atomic E-state index is 12.1. The van der Waals surface area contributed by atoms with Crippen LogP contribution in [0.25, 0.3) is 0 Å². The molecule has 7 nitrogen and oxygen atoms in total. The Morgan fingerprint density at radius 3 is 3.11 bits per heavy atom. The van der Waals surface area contributed by atoms with Gasteiger partial charge in [-0.2, -0.15) is 0 Å². The number of amides is 1. The monoisotopic (exact) mass is 266 g/mol. The molecule has 1 amide bonds. The van der Waals surface area contributed by atoms with Crippen LogP contribution in [0.3, 0.4) is 0 Å². The number of carbonyl (C=O) groups is 2. The van der Waals surface area contributed by atoms with Crippen LogP contribution < -0.4 is 5.32 Å². The van der Waals surface area contributed by atoms with E-state index in [0.29, 0.717) is 24.7 Å². The molecule has 0 aliphatic carbocycles. The quantitative estimate of drug-likeness (QED) is 0.693. The SMILES string of the molecule is O=C(O)CNCC1CCCN(C(=O)c2cnc[nH]2)C1. The fraction of sp³-hybridized carbons (Fsp3) is 0.583. The van der Waals surface area contributed by atoms with Crippen molar-refractivity contribution in [2.75, 3.05) is 26.2 Å². The van der Waals surface area contributed by atoms with Crippen LogP contribution in [0.15, 0.2) is 12.5 Å². The van der Waals surface area contributed by atoms with Crippen molar-refractivity contribution in [1.82, 2.24) is 20.2 Å². The number of carbonyl (C=O) groups excluding carboxylic acids is 1. The summed E-state index contributed by atoms with van der Waals surface area (Å²) in [4.78, 5) is 31.0. The van der Waals surface area contributed by atoms with Crippen molar-refractivity contribution in [2.24, 2.45) is 5.92 Å². The number of imidazole rings is 1. The van der Waals surface area contributed by atoms with Crippen LogP contribution in [0.5, 0.6) is 0 Å². The number of rotatable bonds is 5. The van der Waals surface area contributed by atoms with Crippen LogP contribution in [0.1, 0.15) is 23.3 Å². The van der Waals surface area contributed by atoms with E-state index in [1.165, 1.54) is 12.5 Å². The molecular weight excluding hydrogens is 248 g/mol. The molecule has 3 N–H and O–H groups in total. The molecule has 0 saturated carbocycles. The highest BCUT2D eigenvalue weighted by Gasteiger charge is 2.24. The Kier molecular flexibility index (Phi) is 4.51. The topological polar surface area (TPSA) is 98.3 Å².